The van der Waals surface area contributed by atoms with Crippen molar-refractivity contribution in [3.05, 3.63) is 53.3 Å². The first-order chi connectivity index (χ1) is 10.9. The molecule has 0 amide bonds. The zero-order valence-electron chi connectivity index (χ0n) is 13.4. The largest absolute Gasteiger partial charge is 0.291 e. The minimum absolute atomic E-state index is 0.00694. The maximum Gasteiger partial charge on any atom is 0.208 e. The molecule has 124 valence electrons. The molecule has 7 heteroatoms. The van der Waals surface area contributed by atoms with Crippen molar-refractivity contribution >= 4 is 10.0 Å². The van der Waals surface area contributed by atoms with Crippen molar-refractivity contribution in [3.63, 3.8) is 0 Å². The highest BCUT2D eigenvalue weighted by Gasteiger charge is 2.26. The van der Waals surface area contributed by atoms with Crippen LogP contribution >= 0.6 is 0 Å². The number of sulfonamides is 1. The number of rotatable bonds is 5. The number of benzene rings is 1. The highest BCUT2D eigenvalue weighted by atomic mass is 32.2. The second kappa shape index (κ2) is 6.43. The molecule has 0 aliphatic carbocycles. The highest BCUT2D eigenvalue weighted by Crippen LogP contribution is 2.22. The molecule has 1 aliphatic rings. The summed E-state index contributed by atoms with van der Waals surface area (Å²) in [4.78, 5) is 2.34. The maximum atomic E-state index is 11.4. The molecule has 3 rings (SSSR count). The summed E-state index contributed by atoms with van der Waals surface area (Å²) in [5.41, 5.74) is 3.69. The van der Waals surface area contributed by atoms with Crippen molar-refractivity contribution in [1.29, 1.82) is 0 Å². The molecule has 0 bridgehead atoms. The van der Waals surface area contributed by atoms with Gasteiger partial charge in [-0.2, -0.15) is 5.10 Å². The van der Waals surface area contributed by atoms with Crippen molar-refractivity contribution < 1.29 is 8.42 Å². The van der Waals surface area contributed by atoms with Crippen LogP contribution in [0.3, 0.4) is 0 Å². The second-order valence-electron chi connectivity index (χ2n) is 6.14. The number of aryl methyl sites for hydroxylation is 1. The van der Waals surface area contributed by atoms with E-state index in [-0.39, 0.29) is 6.04 Å². The molecule has 1 N–H and O–H groups in total. The molecule has 1 aromatic carbocycles. The minimum Gasteiger partial charge on any atom is -0.291 e. The Morgan fingerprint density at radius 1 is 1.30 bits per heavy atom. The quantitative estimate of drug-likeness (QED) is 0.895. The van der Waals surface area contributed by atoms with Crippen LogP contribution in [0.4, 0.5) is 0 Å². The van der Waals surface area contributed by atoms with E-state index < -0.39 is 10.0 Å². The number of hydrogen-bond donors (Lipinski definition) is 1. The van der Waals surface area contributed by atoms with Crippen LogP contribution in [0, 0.1) is 6.92 Å². The molecule has 23 heavy (non-hydrogen) atoms. The van der Waals surface area contributed by atoms with Gasteiger partial charge in [-0.1, -0.05) is 24.3 Å². The average Bonchev–Trinajstić information content (AvgIpc) is 2.95. The van der Waals surface area contributed by atoms with E-state index in [0.717, 1.165) is 25.3 Å². The highest BCUT2D eigenvalue weighted by molar-refractivity contribution is 7.88. The monoisotopic (exact) mass is 334 g/mol. The Labute approximate surface area is 137 Å². The van der Waals surface area contributed by atoms with Crippen LogP contribution in [0.15, 0.2) is 36.5 Å². The van der Waals surface area contributed by atoms with Gasteiger partial charge in [0.2, 0.25) is 10.0 Å². The Balaban J connectivity index is 1.76. The topological polar surface area (TPSA) is 67.2 Å². The van der Waals surface area contributed by atoms with E-state index in [1.54, 1.807) is 6.20 Å². The fraction of sp³-hybridized carbons (Fsp3) is 0.438. The third-order valence-corrected chi connectivity index (χ3v) is 4.88. The van der Waals surface area contributed by atoms with Crippen molar-refractivity contribution in [1.82, 2.24) is 19.4 Å². The smallest absolute Gasteiger partial charge is 0.208 e. The summed E-state index contributed by atoms with van der Waals surface area (Å²) >= 11 is 0. The lowest BCUT2D eigenvalue weighted by atomic mass is 10.1. The summed E-state index contributed by atoms with van der Waals surface area (Å²) in [5.74, 6) is 0. The SMILES string of the molecule is Cc1ccccc1CN1Cc2ccnn2[C@@H](CNS(C)(=O)=O)C1. The van der Waals surface area contributed by atoms with Crippen LogP contribution in [0.25, 0.3) is 0 Å². The summed E-state index contributed by atoms with van der Waals surface area (Å²) in [5, 5.41) is 4.35. The molecule has 0 saturated carbocycles. The van der Waals surface area contributed by atoms with Gasteiger partial charge in [-0.05, 0) is 24.1 Å². The summed E-state index contributed by atoms with van der Waals surface area (Å²) in [7, 11) is -3.20. The number of hydrogen-bond acceptors (Lipinski definition) is 4. The lowest BCUT2D eigenvalue weighted by Gasteiger charge is -2.34. The third-order valence-electron chi connectivity index (χ3n) is 4.19. The maximum absolute atomic E-state index is 11.4. The Bertz CT molecular complexity index is 785. The van der Waals surface area contributed by atoms with Crippen molar-refractivity contribution in [3.8, 4) is 0 Å². The van der Waals surface area contributed by atoms with Gasteiger partial charge >= 0.3 is 0 Å². The van der Waals surface area contributed by atoms with Crippen LogP contribution in [-0.2, 0) is 23.1 Å². The van der Waals surface area contributed by atoms with Gasteiger partial charge in [-0.3, -0.25) is 9.58 Å². The molecular weight excluding hydrogens is 312 g/mol. The predicted molar refractivity (Wildman–Crippen MR) is 89.4 cm³/mol. The molecular formula is C16H22N4O2S. The Morgan fingerprint density at radius 3 is 2.83 bits per heavy atom. The van der Waals surface area contributed by atoms with Gasteiger partial charge in [0.05, 0.1) is 18.0 Å². The summed E-state index contributed by atoms with van der Waals surface area (Å²) in [6.07, 6.45) is 2.96. The number of nitrogens with one attached hydrogen (secondary N) is 1. The van der Waals surface area contributed by atoms with Crippen molar-refractivity contribution in [2.75, 3.05) is 19.3 Å². The predicted octanol–water partition coefficient (Wildman–Crippen LogP) is 1.30. The molecule has 0 unspecified atom stereocenters. The van der Waals surface area contributed by atoms with Crippen LogP contribution in [0.2, 0.25) is 0 Å². The fourth-order valence-corrected chi connectivity index (χ4v) is 3.51. The molecule has 6 nitrogen and oxygen atoms in total. The van der Waals surface area contributed by atoms with E-state index in [1.807, 2.05) is 16.8 Å². The molecule has 0 spiro atoms. The minimum atomic E-state index is -3.20. The van der Waals surface area contributed by atoms with Gasteiger partial charge in [-0.15, -0.1) is 0 Å². The van der Waals surface area contributed by atoms with Crippen molar-refractivity contribution in [2.45, 2.75) is 26.1 Å². The Kier molecular flexibility index (Phi) is 4.52. The van der Waals surface area contributed by atoms with E-state index >= 15 is 0 Å². The van der Waals surface area contributed by atoms with Gasteiger partial charge in [0.1, 0.15) is 0 Å². The third kappa shape index (κ3) is 3.99. The molecule has 0 saturated heterocycles. The van der Waals surface area contributed by atoms with Crippen LogP contribution in [0.5, 0.6) is 0 Å². The van der Waals surface area contributed by atoms with E-state index in [0.29, 0.717) is 6.54 Å². The molecule has 1 aliphatic heterocycles. The summed E-state index contributed by atoms with van der Waals surface area (Å²) in [6.45, 7) is 4.92. The number of aromatic nitrogens is 2. The summed E-state index contributed by atoms with van der Waals surface area (Å²) in [6, 6.07) is 10.4. The number of fused-ring (bicyclic) bond motifs is 1. The Morgan fingerprint density at radius 2 is 2.09 bits per heavy atom. The van der Waals surface area contributed by atoms with Crippen LogP contribution in [0.1, 0.15) is 22.9 Å². The molecule has 2 heterocycles. The molecule has 0 fully saturated rings. The second-order valence-corrected chi connectivity index (χ2v) is 7.97. The lowest BCUT2D eigenvalue weighted by Crippen LogP contribution is -2.42. The van der Waals surface area contributed by atoms with Crippen LogP contribution in [-0.4, -0.2) is 42.4 Å². The van der Waals surface area contributed by atoms with E-state index in [2.05, 4.69) is 39.8 Å². The first-order valence-corrected chi connectivity index (χ1v) is 9.55. The van der Waals surface area contributed by atoms with E-state index in [1.165, 1.54) is 17.4 Å². The van der Waals surface area contributed by atoms with Crippen molar-refractivity contribution in [2.24, 2.45) is 0 Å². The molecule has 2 aromatic rings. The lowest BCUT2D eigenvalue weighted by molar-refractivity contribution is 0.167. The summed E-state index contributed by atoms with van der Waals surface area (Å²) < 4.78 is 27.3. The first kappa shape index (κ1) is 16.2. The zero-order valence-corrected chi connectivity index (χ0v) is 14.3. The van der Waals surface area contributed by atoms with Gasteiger partial charge in [-0.25, -0.2) is 13.1 Å². The Hall–Kier alpha value is -1.70. The van der Waals surface area contributed by atoms with Gasteiger partial charge in [0.15, 0.2) is 0 Å². The number of nitrogens with zero attached hydrogens (tertiary/aromatic N) is 3. The normalized spacial score (nSPS) is 18.8. The fourth-order valence-electron chi connectivity index (χ4n) is 3.01. The van der Waals surface area contributed by atoms with Gasteiger partial charge in [0.25, 0.3) is 0 Å². The zero-order chi connectivity index (χ0) is 16.4. The average molecular weight is 334 g/mol. The molecule has 1 atom stereocenters. The molecule has 0 radical (unpaired) electrons. The molecule has 1 aromatic heterocycles. The van der Waals surface area contributed by atoms with Crippen LogP contribution < -0.4 is 4.72 Å². The van der Waals surface area contributed by atoms with E-state index in [9.17, 15) is 8.42 Å². The standard InChI is InChI=1S/C16H22N4O2S/c1-13-5-3-4-6-14(13)10-19-11-15-7-8-17-20(15)16(12-19)9-18-23(2,21)22/h3-8,16,18H,9-12H2,1-2H3/t16-/m0/s1. The van der Waals surface area contributed by atoms with Gasteiger partial charge in [0, 0.05) is 32.4 Å². The first-order valence-electron chi connectivity index (χ1n) is 7.66. The van der Waals surface area contributed by atoms with Gasteiger partial charge < -0.3 is 0 Å². The van der Waals surface area contributed by atoms with E-state index in [4.69, 9.17) is 0 Å².